The van der Waals surface area contributed by atoms with E-state index in [0.717, 1.165) is 11.1 Å². The highest BCUT2D eigenvalue weighted by Crippen LogP contribution is 2.34. The predicted octanol–water partition coefficient (Wildman–Crippen LogP) is 3.00. The van der Waals surface area contributed by atoms with Gasteiger partial charge in [-0.05, 0) is 17.0 Å². The lowest BCUT2D eigenvalue weighted by molar-refractivity contribution is -0.135. The number of methoxy groups -OCH3 is 1. The number of nitrogens with zero attached hydrogens (tertiary/aromatic N) is 1. The molecular formula is C23H29NO6. The Labute approximate surface area is 176 Å². The van der Waals surface area contributed by atoms with Gasteiger partial charge < -0.3 is 23.9 Å². The van der Waals surface area contributed by atoms with E-state index in [9.17, 15) is 14.7 Å². The molecule has 1 fully saturated rings. The van der Waals surface area contributed by atoms with Gasteiger partial charge in [0.2, 0.25) is 17.1 Å². The first-order valence-corrected chi connectivity index (χ1v) is 10.2. The van der Waals surface area contributed by atoms with Gasteiger partial charge in [-0.25, -0.2) is 0 Å². The Kier molecular flexibility index (Phi) is 7.29. The average Bonchev–Trinajstić information content (AvgIpc) is 2.75. The second-order valence-electron chi connectivity index (χ2n) is 7.79. The fourth-order valence-electron chi connectivity index (χ4n) is 3.60. The van der Waals surface area contributed by atoms with E-state index in [1.54, 1.807) is 4.90 Å². The molecule has 1 aliphatic heterocycles. The van der Waals surface area contributed by atoms with Crippen molar-refractivity contribution in [2.75, 3.05) is 33.4 Å². The summed E-state index contributed by atoms with van der Waals surface area (Å²) in [6, 6.07) is 9.07. The van der Waals surface area contributed by atoms with Crippen LogP contribution < -0.4 is 5.43 Å². The number of rotatable bonds is 7. The maximum absolute atomic E-state index is 13.0. The molecule has 3 rings (SSSR count). The number of morpholine rings is 1. The molecule has 0 radical (unpaired) electrons. The van der Waals surface area contributed by atoms with Crippen molar-refractivity contribution in [2.24, 2.45) is 0 Å². The van der Waals surface area contributed by atoms with Gasteiger partial charge in [0.15, 0.2) is 5.76 Å². The Hall–Kier alpha value is -2.64. The fraction of sp³-hybridized carbons (Fsp3) is 0.478. The van der Waals surface area contributed by atoms with E-state index in [4.69, 9.17) is 13.9 Å². The van der Waals surface area contributed by atoms with Crippen LogP contribution in [0.25, 0.3) is 0 Å². The summed E-state index contributed by atoms with van der Waals surface area (Å²) < 4.78 is 16.2. The molecule has 1 N–H and O–H groups in total. The van der Waals surface area contributed by atoms with Crippen LogP contribution in [0.4, 0.5) is 0 Å². The summed E-state index contributed by atoms with van der Waals surface area (Å²) in [4.78, 5) is 27.0. The molecule has 1 atom stereocenters. The van der Waals surface area contributed by atoms with Crippen LogP contribution in [0, 0.1) is 0 Å². The topological polar surface area (TPSA) is 89.2 Å². The summed E-state index contributed by atoms with van der Waals surface area (Å²) in [5, 5.41) is 10.5. The SMILES string of the molecule is COCc1cc(=O)c(O)c([C@H](CC(=O)N2CCOCC2)c2ccc(C(C)C)cc2)o1. The standard InChI is InChI=1S/C23H29NO6/c1-15(2)16-4-6-17(7-5-16)19(13-21(26)24-8-10-29-11-9-24)23-22(27)20(25)12-18(30-23)14-28-3/h4-7,12,15,19,27H,8-11,13-14H2,1-3H3/t19-/m1/s1. The van der Waals surface area contributed by atoms with Crippen molar-refractivity contribution in [2.45, 2.75) is 38.7 Å². The van der Waals surface area contributed by atoms with Crippen molar-refractivity contribution in [3.63, 3.8) is 0 Å². The largest absolute Gasteiger partial charge is 0.502 e. The molecule has 1 amide bonds. The average molecular weight is 415 g/mol. The van der Waals surface area contributed by atoms with Crippen molar-refractivity contribution < 1.29 is 23.8 Å². The third kappa shape index (κ3) is 5.09. The Balaban J connectivity index is 2.00. The molecule has 7 nitrogen and oxygen atoms in total. The molecule has 1 saturated heterocycles. The van der Waals surface area contributed by atoms with E-state index < -0.39 is 17.1 Å². The summed E-state index contributed by atoms with van der Waals surface area (Å²) in [5.41, 5.74) is 1.41. The number of amides is 1. The lowest BCUT2D eigenvalue weighted by atomic mass is 9.89. The molecule has 1 aromatic carbocycles. The van der Waals surface area contributed by atoms with E-state index in [0.29, 0.717) is 38.0 Å². The van der Waals surface area contributed by atoms with Crippen LogP contribution >= 0.6 is 0 Å². The monoisotopic (exact) mass is 415 g/mol. The normalized spacial score (nSPS) is 15.4. The summed E-state index contributed by atoms with van der Waals surface area (Å²) in [6.07, 6.45) is 0.0773. The number of ether oxygens (including phenoxy) is 2. The van der Waals surface area contributed by atoms with E-state index >= 15 is 0 Å². The molecule has 0 spiro atoms. The summed E-state index contributed by atoms with van der Waals surface area (Å²) in [6.45, 7) is 6.36. The quantitative estimate of drug-likeness (QED) is 0.748. The summed E-state index contributed by atoms with van der Waals surface area (Å²) in [7, 11) is 1.50. The van der Waals surface area contributed by atoms with Crippen LogP contribution in [0.3, 0.4) is 0 Å². The number of hydrogen-bond donors (Lipinski definition) is 1. The fourth-order valence-corrected chi connectivity index (χ4v) is 3.60. The second kappa shape index (κ2) is 9.91. The molecule has 2 aromatic rings. The van der Waals surface area contributed by atoms with Gasteiger partial charge in [0.05, 0.1) is 19.1 Å². The minimum atomic E-state index is -0.592. The van der Waals surface area contributed by atoms with E-state index in [2.05, 4.69) is 13.8 Å². The Morgan fingerprint density at radius 2 is 1.80 bits per heavy atom. The van der Waals surface area contributed by atoms with Gasteiger partial charge in [0.25, 0.3) is 0 Å². The summed E-state index contributed by atoms with van der Waals surface area (Å²) >= 11 is 0. The molecule has 0 saturated carbocycles. The zero-order valence-electron chi connectivity index (χ0n) is 17.7. The maximum Gasteiger partial charge on any atom is 0.227 e. The van der Waals surface area contributed by atoms with Crippen molar-refractivity contribution in [1.29, 1.82) is 0 Å². The first-order chi connectivity index (χ1) is 14.4. The molecule has 1 aromatic heterocycles. The van der Waals surface area contributed by atoms with Crippen molar-refractivity contribution in [1.82, 2.24) is 4.90 Å². The highest BCUT2D eigenvalue weighted by Gasteiger charge is 2.28. The first kappa shape index (κ1) is 22.1. The van der Waals surface area contributed by atoms with E-state index in [-0.39, 0.29) is 24.7 Å². The minimum Gasteiger partial charge on any atom is -0.502 e. The van der Waals surface area contributed by atoms with Crippen molar-refractivity contribution in [3.8, 4) is 5.75 Å². The van der Waals surface area contributed by atoms with Gasteiger partial charge in [-0.1, -0.05) is 38.1 Å². The van der Waals surface area contributed by atoms with Crippen LogP contribution in [-0.4, -0.2) is 49.3 Å². The molecule has 162 valence electrons. The lowest BCUT2D eigenvalue weighted by Gasteiger charge is -2.28. The lowest BCUT2D eigenvalue weighted by Crippen LogP contribution is -2.41. The van der Waals surface area contributed by atoms with Crippen LogP contribution in [0.2, 0.25) is 0 Å². The van der Waals surface area contributed by atoms with Gasteiger partial charge in [-0.15, -0.1) is 0 Å². The summed E-state index contributed by atoms with van der Waals surface area (Å²) in [5.74, 6) is -0.376. The highest BCUT2D eigenvalue weighted by molar-refractivity contribution is 5.78. The first-order valence-electron chi connectivity index (χ1n) is 10.2. The number of carbonyl (C=O) groups is 1. The zero-order chi connectivity index (χ0) is 21.7. The smallest absolute Gasteiger partial charge is 0.227 e. The molecule has 0 unspecified atom stereocenters. The third-order valence-corrected chi connectivity index (χ3v) is 5.35. The Morgan fingerprint density at radius 3 is 2.40 bits per heavy atom. The van der Waals surface area contributed by atoms with Crippen LogP contribution in [0.5, 0.6) is 5.75 Å². The van der Waals surface area contributed by atoms with Gasteiger partial charge in [-0.3, -0.25) is 9.59 Å². The third-order valence-electron chi connectivity index (χ3n) is 5.35. The number of hydrogen-bond acceptors (Lipinski definition) is 6. The van der Waals surface area contributed by atoms with E-state index in [1.807, 2.05) is 24.3 Å². The van der Waals surface area contributed by atoms with Crippen molar-refractivity contribution >= 4 is 5.91 Å². The molecular weight excluding hydrogens is 386 g/mol. The van der Waals surface area contributed by atoms with Gasteiger partial charge in [-0.2, -0.15) is 0 Å². The van der Waals surface area contributed by atoms with Gasteiger partial charge in [0.1, 0.15) is 12.4 Å². The minimum absolute atomic E-state index is 0.0737. The van der Waals surface area contributed by atoms with E-state index in [1.165, 1.54) is 13.2 Å². The van der Waals surface area contributed by atoms with Crippen LogP contribution in [0.15, 0.2) is 39.5 Å². The number of aromatic hydroxyl groups is 1. The molecule has 1 aliphatic rings. The Bertz CT molecular complexity index is 912. The van der Waals surface area contributed by atoms with Gasteiger partial charge >= 0.3 is 0 Å². The maximum atomic E-state index is 13.0. The molecule has 0 bridgehead atoms. The predicted molar refractivity (Wildman–Crippen MR) is 112 cm³/mol. The highest BCUT2D eigenvalue weighted by atomic mass is 16.5. The van der Waals surface area contributed by atoms with Crippen LogP contribution in [0.1, 0.15) is 54.8 Å². The molecule has 7 heteroatoms. The Morgan fingerprint density at radius 1 is 1.17 bits per heavy atom. The second-order valence-corrected chi connectivity index (χ2v) is 7.79. The number of carbonyl (C=O) groups excluding carboxylic acids is 1. The van der Waals surface area contributed by atoms with Gasteiger partial charge in [0, 0.05) is 32.7 Å². The molecule has 0 aliphatic carbocycles. The molecule has 2 heterocycles. The molecule has 30 heavy (non-hydrogen) atoms. The van der Waals surface area contributed by atoms with Crippen LogP contribution in [-0.2, 0) is 20.9 Å². The van der Waals surface area contributed by atoms with Crippen molar-refractivity contribution in [3.05, 3.63) is 63.2 Å². The zero-order valence-corrected chi connectivity index (χ0v) is 17.7. The number of benzene rings is 1.